The van der Waals surface area contributed by atoms with E-state index in [2.05, 4.69) is 0 Å². The second-order valence-corrected chi connectivity index (χ2v) is 15.6. The van der Waals surface area contributed by atoms with Gasteiger partial charge >= 0.3 is 5.97 Å². The molecule has 3 aliphatic rings. The number of esters is 1. The Balaban J connectivity index is 1.19. The van der Waals surface area contributed by atoms with Gasteiger partial charge in [-0.2, -0.15) is 0 Å². The Morgan fingerprint density at radius 1 is 0.652 bits per heavy atom. The topological polar surface area (TPSA) is 395 Å². The molecule has 0 radical (unpaired) electrons. The first kappa shape index (κ1) is 48.1. The lowest BCUT2D eigenvalue weighted by molar-refractivity contribution is -0.358. The summed E-state index contributed by atoms with van der Waals surface area (Å²) in [7, 11) is 0. The normalized spacial score (nSPS) is 32.6. The Hall–Kier alpha value is -5.84. The van der Waals surface area contributed by atoms with Crippen LogP contribution in [0.25, 0.3) is 28.4 Å². The summed E-state index contributed by atoms with van der Waals surface area (Å²) >= 11 is 0. The Labute approximate surface area is 370 Å². The van der Waals surface area contributed by atoms with E-state index in [9.17, 15) is 81.1 Å². The number of phenols is 5. The molecule has 358 valence electrons. The van der Waals surface area contributed by atoms with Gasteiger partial charge in [0.05, 0.1) is 12.7 Å². The number of benzene rings is 3. The van der Waals surface area contributed by atoms with Crippen LogP contribution in [0.2, 0.25) is 0 Å². The zero-order valence-electron chi connectivity index (χ0n) is 34.2. The third kappa shape index (κ3) is 9.67. The second-order valence-electron chi connectivity index (χ2n) is 15.6. The molecule has 14 N–H and O–H groups in total. The first-order valence-electron chi connectivity index (χ1n) is 20.0. The fourth-order valence-corrected chi connectivity index (χ4v) is 7.29. The van der Waals surface area contributed by atoms with Crippen LogP contribution in [0.5, 0.6) is 40.2 Å². The summed E-state index contributed by atoms with van der Waals surface area (Å²) < 4.78 is 45.4. The van der Waals surface area contributed by atoms with Crippen molar-refractivity contribution in [1.82, 2.24) is 0 Å². The van der Waals surface area contributed by atoms with Crippen molar-refractivity contribution in [2.75, 3.05) is 13.2 Å². The number of phenolic OH excluding ortho intramolecular Hbond substituents is 5. The molecule has 24 heteroatoms. The van der Waals surface area contributed by atoms with Crippen molar-refractivity contribution in [1.29, 1.82) is 0 Å². The second kappa shape index (κ2) is 19.6. The zero-order chi connectivity index (χ0) is 47.9. The van der Waals surface area contributed by atoms with Gasteiger partial charge in [0.15, 0.2) is 41.2 Å². The van der Waals surface area contributed by atoms with Crippen LogP contribution >= 0.6 is 0 Å². The smallest absolute Gasteiger partial charge is 0.330 e. The van der Waals surface area contributed by atoms with Gasteiger partial charge in [-0.1, -0.05) is 6.07 Å². The third-order valence-corrected chi connectivity index (χ3v) is 11.0. The average Bonchev–Trinajstić information content (AvgIpc) is 3.28. The van der Waals surface area contributed by atoms with Crippen molar-refractivity contribution in [3.05, 3.63) is 70.4 Å². The molecular formula is C42H46O24. The molecule has 0 spiro atoms. The molecule has 0 saturated carbocycles. The van der Waals surface area contributed by atoms with Crippen molar-refractivity contribution >= 4 is 23.0 Å². The van der Waals surface area contributed by atoms with Crippen molar-refractivity contribution < 1.29 is 114 Å². The van der Waals surface area contributed by atoms with Gasteiger partial charge in [0.1, 0.15) is 90.1 Å². The number of hydrogen-bond acceptors (Lipinski definition) is 24. The van der Waals surface area contributed by atoms with Gasteiger partial charge in [-0.15, -0.1) is 0 Å². The highest BCUT2D eigenvalue weighted by Crippen LogP contribution is 2.41. The lowest BCUT2D eigenvalue weighted by Gasteiger charge is -2.45. The van der Waals surface area contributed by atoms with Crippen LogP contribution in [0.3, 0.4) is 0 Å². The molecule has 66 heavy (non-hydrogen) atoms. The van der Waals surface area contributed by atoms with E-state index in [1.165, 1.54) is 25.1 Å². The quantitative estimate of drug-likeness (QED) is 0.0395. The first-order valence-corrected chi connectivity index (χ1v) is 20.0. The molecule has 4 heterocycles. The zero-order valence-corrected chi connectivity index (χ0v) is 34.2. The van der Waals surface area contributed by atoms with Crippen molar-refractivity contribution in [3.63, 3.8) is 0 Å². The van der Waals surface area contributed by atoms with Crippen molar-refractivity contribution in [3.8, 4) is 51.6 Å². The van der Waals surface area contributed by atoms with Gasteiger partial charge in [0.2, 0.25) is 23.8 Å². The predicted molar refractivity (Wildman–Crippen MR) is 216 cm³/mol. The Morgan fingerprint density at radius 2 is 1.29 bits per heavy atom. The summed E-state index contributed by atoms with van der Waals surface area (Å²) in [5, 5.41) is 146. The molecule has 1 aromatic heterocycles. The van der Waals surface area contributed by atoms with Crippen molar-refractivity contribution in [2.24, 2.45) is 0 Å². The molecule has 3 fully saturated rings. The van der Waals surface area contributed by atoms with Gasteiger partial charge in [-0.3, -0.25) is 4.79 Å². The summed E-state index contributed by atoms with van der Waals surface area (Å²) in [4.78, 5) is 26.9. The first-order chi connectivity index (χ1) is 31.3. The largest absolute Gasteiger partial charge is 0.507 e. The number of carbonyl (C=O) groups excluding carboxylic acids is 1. The van der Waals surface area contributed by atoms with Gasteiger partial charge in [-0.25, -0.2) is 4.79 Å². The van der Waals surface area contributed by atoms with E-state index in [-0.39, 0.29) is 16.9 Å². The Kier molecular flexibility index (Phi) is 14.3. The van der Waals surface area contributed by atoms with E-state index in [0.29, 0.717) is 0 Å². The van der Waals surface area contributed by atoms with E-state index in [1.807, 2.05) is 0 Å². The van der Waals surface area contributed by atoms with Gasteiger partial charge in [0, 0.05) is 23.8 Å². The Morgan fingerprint density at radius 3 is 1.97 bits per heavy atom. The number of aliphatic hydroxyl groups excluding tert-OH is 9. The summed E-state index contributed by atoms with van der Waals surface area (Å²) in [6.07, 6.45) is -25.1. The van der Waals surface area contributed by atoms with Crippen LogP contribution in [0.1, 0.15) is 12.5 Å². The van der Waals surface area contributed by atoms with E-state index in [4.69, 9.17) is 37.6 Å². The Bertz CT molecular complexity index is 2470. The van der Waals surface area contributed by atoms with Crippen LogP contribution in [-0.4, -0.2) is 183 Å². The fourth-order valence-electron chi connectivity index (χ4n) is 7.29. The van der Waals surface area contributed by atoms with Crippen LogP contribution in [-0.2, 0) is 28.5 Å². The predicted octanol–water partition coefficient (Wildman–Crippen LogP) is -2.54. The number of aromatic hydroxyl groups is 5. The summed E-state index contributed by atoms with van der Waals surface area (Å²) in [6, 6.07) is 8.79. The minimum atomic E-state index is -2.12. The van der Waals surface area contributed by atoms with E-state index >= 15 is 0 Å². The summed E-state index contributed by atoms with van der Waals surface area (Å²) in [5.74, 6) is -5.72. The highest BCUT2D eigenvalue weighted by molar-refractivity contribution is 5.89. The number of ether oxygens (including phenoxy) is 7. The van der Waals surface area contributed by atoms with Crippen LogP contribution in [0.15, 0.2) is 63.8 Å². The summed E-state index contributed by atoms with van der Waals surface area (Å²) in [6.45, 7) is -0.340. The van der Waals surface area contributed by atoms with Gasteiger partial charge < -0.3 is 109 Å². The number of fused-ring (bicyclic) bond motifs is 1. The monoisotopic (exact) mass is 934 g/mol. The molecule has 24 nitrogen and oxygen atoms in total. The minimum Gasteiger partial charge on any atom is -0.507 e. The fraction of sp³-hybridized carbons (Fsp3) is 0.429. The molecule has 0 bridgehead atoms. The molecule has 7 rings (SSSR count). The molecule has 3 aromatic carbocycles. The molecule has 3 aliphatic heterocycles. The molecule has 0 amide bonds. The van der Waals surface area contributed by atoms with Gasteiger partial charge in [-0.05, 0) is 48.9 Å². The molecule has 15 atom stereocenters. The molecule has 0 unspecified atom stereocenters. The van der Waals surface area contributed by atoms with Crippen LogP contribution < -0.4 is 14.9 Å². The average molecular weight is 935 g/mol. The minimum absolute atomic E-state index is 0.175. The lowest BCUT2D eigenvalue weighted by Crippen LogP contribution is -2.65. The SMILES string of the molecule is C[C@H]1O[C@@H](Oc2cc(O)c3c(=O)c(O[C@H]4O[C@@H](CO)[C@H](O)[C@@H](O)[C@@H]4O[C@H]4O[C@@H](COC(=O)/C=C/c5ccc(O)c(O)c5)[C@H](O)[C@@H](O)[C@@H]4O)c(-c4ccc(O)c(O)c4)oc3c2)[C@@H](O)[C@@H](O)[C@@H]1O. The van der Waals surface area contributed by atoms with Crippen LogP contribution in [0.4, 0.5) is 0 Å². The number of rotatable bonds is 12. The molecule has 0 aliphatic carbocycles. The highest BCUT2D eigenvalue weighted by atomic mass is 16.8. The van der Waals surface area contributed by atoms with E-state index in [1.54, 1.807) is 0 Å². The maximum Gasteiger partial charge on any atom is 0.330 e. The summed E-state index contributed by atoms with van der Waals surface area (Å²) in [5.41, 5.74) is -1.50. The maximum atomic E-state index is 14.4. The maximum absolute atomic E-state index is 14.4. The molecule has 4 aromatic rings. The van der Waals surface area contributed by atoms with E-state index < -0.39 is 168 Å². The van der Waals surface area contributed by atoms with Gasteiger partial charge in [0.25, 0.3) is 0 Å². The molecular weight excluding hydrogens is 888 g/mol. The number of carbonyl (C=O) groups is 1. The molecule has 3 saturated heterocycles. The van der Waals surface area contributed by atoms with Crippen LogP contribution in [0, 0.1) is 0 Å². The lowest BCUT2D eigenvalue weighted by atomic mass is 9.97. The third-order valence-electron chi connectivity index (χ3n) is 11.0. The number of hydrogen-bond donors (Lipinski definition) is 14. The van der Waals surface area contributed by atoms with Crippen molar-refractivity contribution in [2.45, 2.75) is 99.0 Å². The standard InChI is InChI=1S/C42H46O24/c1-14-28(50)32(54)35(57)40(60-14)61-17-10-22(48)27-23(11-17)62-37(16-4-6-19(45)21(47)9-16)38(31(27)53)65-42-39(34(56)29(51)24(12-43)63-42)66-41-36(58)33(55)30(52)25(64-41)13-59-26(49)7-3-15-2-5-18(44)20(46)8-15/h2-11,14,24-25,28-30,32-36,39-48,50-52,54-58H,12-13H2,1H3/b7-3+/t14-,24+,25+,28-,29+,30+,32+,33-,34-,35+,36+,39+,40+,41-,42-/m1/s1. The number of aliphatic hydroxyl groups is 9. The van der Waals surface area contributed by atoms with E-state index in [0.717, 1.165) is 42.5 Å². The highest BCUT2D eigenvalue weighted by Gasteiger charge is 2.52.